The van der Waals surface area contributed by atoms with Gasteiger partial charge < -0.3 is 5.32 Å². The highest BCUT2D eigenvalue weighted by atomic mass is 15.2. The molecular weight excluding hydrogens is 196 g/mol. The number of fused-ring (bicyclic) bond motifs is 2. The third-order valence-corrected chi connectivity index (χ3v) is 5.16. The van der Waals surface area contributed by atoms with Crippen LogP contribution < -0.4 is 5.32 Å². The van der Waals surface area contributed by atoms with Crippen LogP contribution in [0.2, 0.25) is 0 Å². The quantitative estimate of drug-likeness (QED) is 0.772. The summed E-state index contributed by atoms with van der Waals surface area (Å²) in [6.45, 7) is 5.05. The molecule has 4 unspecified atom stereocenters. The molecule has 2 nitrogen and oxygen atoms in total. The van der Waals surface area contributed by atoms with Gasteiger partial charge in [0.05, 0.1) is 0 Å². The van der Waals surface area contributed by atoms with Crippen LogP contribution >= 0.6 is 0 Å². The van der Waals surface area contributed by atoms with Crippen molar-refractivity contribution in [1.29, 1.82) is 0 Å². The molecule has 1 aliphatic carbocycles. The second kappa shape index (κ2) is 4.66. The van der Waals surface area contributed by atoms with Crippen molar-refractivity contribution in [3.63, 3.8) is 0 Å². The molecule has 0 spiro atoms. The topological polar surface area (TPSA) is 15.3 Å². The number of rotatable bonds is 2. The van der Waals surface area contributed by atoms with Gasteiger partial charge in [0.2, 0.25) is 0 Å². The molecule has 2 heterocycles. The van der Waals surface area contributed by atoms with Gasteiger partial charge in [-0.15, -0.1) is 0 Å². The molecule has 0 aromatic rings. The number of nitrogens with zero attached hydrogens (tertiary/aromatic N) is 1. The molecule has 1 N–H and O–H groups in total. The summed E-state index contributed by atoms with van der Waals surface area (Å²) in [5.41, 5.74) is 0. The molecule has 2 heteroatoms. The van der Waals surface area contributed by atoms with Gasteiger partial charge >= 0.3 is 0 Å². The first-order valence-electron chi connectivity index (χ1n) is 7.35. The minimum Gasteiger partial charge on any atom is -0.310 e. The van der Waals surface area contributed by atoms with Crippen molar-refractivity contribution in [2.75, 3.05) is 13.1 Å². The van der Waals surface area contributed by atoms with E-state index in [0.29, 0.717) is 0 Å². The molecule has 0 aromatic carbocycles. The summed E-state index contributed by atoms with van der Waals surface area (Å²) in [4.78, 5) is 2.81. The fourth-order valence-electron chi connectivity index (χ4n) is 4.05. The minimum atomic E-state index is 0.813. The molecule has 92 valence electrons. The van der Waals surface area contributed by atoms with Crippen LogP contribution in [0.4, 0.5) is 0 Å². The Morgan fingerprint density at radius 2 is 1.94 bits per heavy atom. The van der Waals surface area contributed by atoms with E-state index in [9.17, 15) is 0 Å². The Labute approximate surface area is 99.8 Å². The van der Waals surface area contributed by atoms with Gasteiger partial charge in [-0.1, -0.05) is 13.3 Å². The molecule has 3 fully saturated rings. The van der Waals surface area contributed by atoms with Crippen LogP contribution in [-0.2, 0) is 0 Å². The van der Waals surface area contributed by atoms with E-state index in [1.165, 1.54) is 58.0 Å². The molecule has 1 saturated carbocycles. The normalized spacial score (nSPS) is 44.8. The lowest BCUT2D eigenvalue weighted by Gasteiger charge is -2.30. The van der Waals surface area contributed by atoms with Crippen LogP contribution in [0, 0.1) is 5.92 Å². The highest BCUT2D eigenvalue weighted by Crippen LogP contribution is 2.33. The first kappa shape index (κ1) is 11.0. The lowest BCUT2D eigenvalue weighted by atomic mass is 10.0. The van der Waals surface area contributed by atoms with Crippen LogP contribution in [0.5, 0.6) is 0 Å². The standard InChI is InChI=1S/C14H26N2/c1-2-11-3-6-14(9-11)16-8-7-12-4-5-13(10-16)15-12/h11-15H,2-10H2,1H3. The summed E-state index contributed by atoms with van der Waals surface area (Å²) >= 11 is 0. The highest BCUT2D eigenvalue weighted by Gasteiger charge is 2.34. The summed E-state index contributed by atoms with van der Waals surface area (Å²) in [5.74, 6) is 1.03. The zero-order valence-corrected chi connectivity index (χ0v) is 10.6. The number of hydrogen-bond donors (Lipinski definition) is 1. The third-order valence-electron chi connectivity index (χ3n) is 5.16. The second-order valence-corrected chi connectivity index (χ2v) is 6.16. The monoisotopic (exact) mass is 222 g/mol. The van der Waals surface area contributed by atoms with Crippen molar-refractivity contribution in [2.45, 2.75) is 70.0 Å². The maximum atomic E-state index is 3.79. The van der Waals surface area contributed by atoms with E-state index in [0.717, 1.165) is 24.0 Å². The molecule has 3 rings (SSSR count). The van der Waals surface area contributed by atoms with Crippen LogP contribution in [0.3, 0.4) is 0 Å². The van der Waals surface area contributed by atoms with E-state index < -0.39 is 0 Å². The molecule has 0 aromatic heterocycles. The minimum absolute atomic E-state index is 0.813. The average Bonchev–Trinajstić information content (AvgIpc) is 2.85. The molecular formula is C14H26N2. The first-order chi connectivity index (χ1) is 7.85. The van der Waals surface area contributed by atoms with Crippen LogP contribution in [0.15, 0.2) is 0 Å². The molecule has 4 atom stereocenters. The van der Waals surface area contributed by atoms with E-state index >= 15 is 0 Å². The summed E-state index contributed by atoms with van der Waals surface area (Å²) in [6.07, 6.45) is 10.1. The van der Waals surface area contributed by atoms with Crippen molar-refractivity contribution in [1.82, 2.24) is 10.2 Å². The van der Waals surface area contributed by atoms with Crippen LogP contribution in [0.1, 0.15) is 51.9 Å². The van der Waals surface area contributed by atoms with Crippen LogP contribution in [-0.4, -0.2) is 36.1 Å². The smallest absolute Gasteiger partial charge is 0.0198 e. The Morgan fingerprint density at radius 3 is 2.75 bits per heavy atom. The summed E-state index contributed by atoms with van der Waals surface area (Å²) in [6, 6.07) is 2.58. The van der Waals surface area contributed by atoms with Crippen molar-refractivity contribution < 1.29 is 0 Å². The molecule has 2 bridgehead atoms. The predicted molar refractivity (Wildman–Crippen MR) is 67.6 cm³/mol. The largest absolute Gasteiger partial charge is 0.310 e. The van der Waals surface area contributed by atoms with E-state index in [-0.39, 0.29) is 0 Å². The second-order valence-electron chi connectivity index (χ2n) is 6.16. The van der Waals surface area contributed by atoms with Gasteiger partial charge in [0.25, 0.3) is 0 Å². The fourth-order valence-corrected chi connectivity index (χ4v) is 4.05. The molecule has 0 radical (unpaired) electrons. The number of likely N-dealkylation sites (tertiary alicyclic amines) is 1. The molecule has 2 aliphatic heterocycles. The fraction of sp³-hybridized carbons (Fsp3) is 1.00. The number of hydrogen-bond acceptors (Lipinski definition) is 2. The Hall–Kier alpha value is -0.0800. The van der Waals surface area contributed by atoms with Crippen molar-refractivity contribution in [2.24, 2.45) is 5.92 Å². The lowest BCUT2D eigenvalue weighted by molar-refractivity contribution is 0.184. The maximum Gasteiger partial charge on any atom is 0.0198 e. The highest BCUT2D eigenvalue weighted by molar-refractivity contribution is 4.93. The summed E-state index contributed by atoms with van der Waals surface area (Å²) in [7, 11) is 0. The van der Waals surface area contributed by atoms with E-state index in [1.54, 1.807) is 0 Å². The van der Waals surface area contributed by atoms with Gasteiger partial charge in [-0.25, -0.2) is 0 Å². The predicted octanol–water partition coefficient (Wildman–Crippen LogP) is 2.39. The molecule has 0 amide bonds. The Bertz CT molecular complexity index is 241. The Kier molecular flexibility index (Phi) is 3.21. The third kappa shape index (κ3) is 2.14. The SMILES string of the molecule is CCC1CCC(N2CCC3CCC(C2)N3)C1. The zero-order chi connectivity index (χ0) is 11.0. The maximum absolute atomic E-state index is 3.79. The summed E-state index contributed by atoms with van der Waals surface area (Å²) in [5, 5.41) is 3.79. The van der Waals surface area contributed by atoms with Gasteiger partial charge in [0, 0.05) is 24.7 Å². The molecule has 2 saturated heterocycles. The van der Waals surface area contributed by atoms with Crippen molar-refractivity contribution >= 4 is 0 Å². The van der Waals surface area contributed by atoms with E-state index in [1.807, 2.05) is 0 Å². The zero-order valence-electron chi connectivity index (χ0n) is 10.6. The van der Waals surface area contributed by atoms with Gasteiger partial charge in [0.15, 0.2) is 0 Å². The van der Waals surface area contributed by atoms with Crippen molar-refractivity contribution in [3.8, 4) is 0 Å². The summed E-state index contributed by atoms with van der Waals surface area (Å²) < 4.78 is 0. The van der Waals surface area contributed by atoms with Crippen LogP contribution in [0.25, 0.3) is 0 Å². The Morgan fingerprint density at radius 1 is 1.06 bits per heavy atom. The van der Waals surface area contributed by atoms with Gasteiger partial charge in [-0.05, 0) is 51.0 Å². The molecule has 16 heavy (non-hydrogen) atoms. The Balaban J connectivity index is 1.58. The van der Waals surface area contributed by atoms with Gasteiger partial charge in [-0.3, -0.25) is 4.90 Å². The average molecular weight is 222 g/mol. The van der Waals surface area contributed by atoms with E-state index in [2.05, 4.69) is 17.1 Å². The van der Waals surface area contributed by atoms with Gasteiger partial charge in [0.1, 0.15) is 0 Å². The number of nitrogens with one attached hydrogen (secondary N) is 1. The lowest BCUT2D eigenvalue weighted by Crippen LogP contribution is -2.40. The van der Waals surface area contributed by atoms with Gasteiger partial charge in [-0.2, -0.15) is 0 Å². The molecule has 3 aliphatic rings. The first-order valence-corrected chi connectivity index (χ1v) is 7.35. The van der Waals surface area contributed by atoms with E-state index in [4.69, 9.17) is 0 Å². The van der Waals surface area contributed by atoms with Crippen molar-refractivity contribution in [3.05, 3.63) is 0 Å².